The number of methoxy groups -OCH3 is 1. The van der Waals surface area contributed by atoms with Crippen molar-refractivity contribution in [3.8, 4) is 0 Å². The van der Waals surface area contributed by atoms with E-state index in [4.69, 9.17) is 9.47 Å². The SMILES string of the molecule is COCCCCn1c(C(=O)N(CC(C)C)[C@@H]2CNC[C@H](C(=O)N3CCOCC3)C2)nc2cc(F)c(F)cc21. The van der Waals surface area contributed by atoms with Crippen LogP contribution >= 0.6 is 0 Å². The number of halogens is 2. The predicted octanol–water partition coefficient (Wildman–Crippen LogP) is 2.68. The average Bonchev–Trinajstić information content (AvgIpc) is 3.26. The first kappa shape index (κ1) is 28.4. The van der Waals surface area contributed by atoms with Crippen molar-refractivity contribution in [3.05, 3.63) is 29.6 Å². The monoisotopic (exact) mass is 535 g/mol. The van der Waals surface area contributed by atoms with Gasteiger partial charge in [-0.3, -0.25) is 9.59 Å². The summed E-state index contributed by atoms with van der Waals surface area (Å²) in [5.41, 5.74) is 0.627. The number of morpholine rings is 1. The van der Waals surface area contributed by atoms with Crippen molar-refractivity contribution in [2.75, 3.05) is 59.7 Å². The van der Waals surface area contributed by atoms with Crippen LogP contribution in [0.1, 0.15) is 43.7 Å². The Morgan fingerprint density at radius 1 is 1.18 bits per heavy atom. The van der Waals surface area contributed by atoms with Crippen molar-refractivity contribution < 1.29 is 27.8 Å². The molecule has 2 fully saturated rings. The number of unbranched alkanes of at least 4 members (excludes halogenated alkanes) is 1. The molecule has 38 heavy (non-hydrogen) atoms. The van der Waals surface area contributed by atoms with Crippen molar-refractivity contribution >= 4 is 22.8 Å². The number of fused-ring (bicyclic) bond motifs is 1. The molecule has 11 heteroatoms. The van der Waals surface area contributed by atoms with E-state index >= 15 is 0 Å². The van der Waals surface area contributed by atoms with Crippen molar-refractivity contribution in [1.82, 2.24) is 24.7 Å². The van der Waals surface area contributed by atoms with E-state index in [1.54, 1.807) is 16.6 Å². The number of aryl methyl sites for hydroxylation is 1. The third kappa shape index (κ3) is 6.50. The molecule has 0 saturated carbocycles. The summed E-state index contributed by atoms with van der Waals surface area (Å²) in [6.45, 7) is 8.87. The zero-order valence-electron chi connectivity index (χ0n) is 22.5. The molecule has 0 bridgehead atoms. The van der Waals surface area contributed by atoms with Crippen LogP contribution in [0.5, 0.6) is 0 Å². The normalized spacial score (nSPS) is 20.3. The molecule has 4 rings (SSSR count). The summed E-state index contributed by atoms with van der Waals surface area (Å²) in [6, 6.07) is 1.93. The highest BCUT2D eigenvalue weighted by Gasteiger charge is 2.37. The molecular formula is C27H39F2N5O4. The Balaban J connectivity index is 1.62. The van der Waals surface area contributed by atoms with E-state index < -0.39 is 11.6 Å². The zero-order valence-corrected chi connectivity index (χ0v) is 22.5. The van der Waals surface area contributed by atoms with Gasteiger partial charge in [0.1, 0.15) is 0 Å². The maximum atomic E-state index is 14.2. The molecule has 1 N–H and O–H groups in total. The minimum Gasteiger partial charge on any atom is -0.385 e. The molecule has 9 nitrogen and oxygen atoms in total. The van der Waals surface area contributed by atoms with E-state index in [1.165, 1.54) is 0 Å². The number of carbonyl (C=O) groups is 2. The zero-order chi connectivity index (χ0) is 27.2. The Morgan fingerprint density at radius 3 is 2.63 bits per heavy atom. The van der Waals surface area contributed by atoms with Gasteiger partial charge in [-0.15, -0.1) is 0 Å². The van der Waals surface area contributed by atoms with Gasteiger partial charge >= 0.3 is 0 Å². The minimum absolute atomic E-state index is 0.0822. The molecule has 2 saturated heterocycles. The Bertz CT molecular complexity index is 1120. The second-order valence-electron chi connectivity index (χ2n) is 10.6. The first-order valence-electron chi connectivity index (χ1n) is 13.5. The molecule has 2 atom stereocenters. The second-order valence-corrected chi connectivity index (χ2v) is 10.6. The van der Waals surface area contributed by atoms with E-state index in [1.807, 2.05) is 18.7 Å². The minimum atomic E-state index is -1.000. The molecular weight excluding hydrogens is 496 g/mol. The first-order valence-corrected chi connectivity index (χ1v) is 13.5. The number of hydrogen-bond acceptors (Lipinski definition) is 6. The lowest BCUT2D eigenvalue weighted by Crippen LogP contribution is -2.56. The molecule has 0 spiro atoms. The van der Waals surface area contributed by atoms with Gasteiger partial charge in [0.25, 0.3) is 5.91 Å². The largest absolute Gasteiger partial charge is 0.385 e. The van der Waals surface area contributed by atoms with E-state index in [9.17, 15) is 18.4 Å². The van der Waals surface area contributed by atoms with Crippen molar-refractivity contribution in [1.29, 1.82) is 0 Å². The van der Waals surface area contributed by atoms with Gasteiger partial charge in [0.2, 0.25) is 5.91 Å². The van der Waals surface area contributed by atoms with Gasteiger partial charge in [-0.1, -0.05) is 13.8 Å². The molecule has 2 aromatic rings. The number of carbonyl (C=O) groups excluding carboxylic acids is 2. The van der Waals surface area contributed by atoms with Crippen LogP contribution in [-0.4, -0.2) is 96.9 Å². The van der Waals surface area contributed by atoms with E-state index in [-0.39, 0.29) is 41.0 Å². The molecule has 1 aromatic heterocycles. The van der Waals surface area contributed by atoms with Gasteiger partial charge in [0.15, 0.2) is 17.5 Å². The Labute approximate surface area is 222 Å². The Hall–Kier alpha value is -2.63. The summed E-state index contributed by atoms with van der Waals surface area (Å²) in [5.74, 6) is -2.11. The summed E-state index contributed by atoms with van der Waals surface area (Å²) in [6.07, 6.45) is 1.98. The number of rotatable bonds is 10. The topological polar surface area (TPSA) is 88.9 Å². The number of benzene rings is 1. The molecule has 2 amide bonds. The molecule has 210 valence electrons. The summed E-state index contributed by atoms with van der Waals surface area (Å²) in [4.78, 5) is 35.4. The van der Waals surface area contributed by atoms with Crippen molar-refractivity contribution in [3.63, 3.8) is 0 Å². The van der Waals surface area contributed by atoms with Gasteiger partial charge in [-0.25, -0.2) is 13.8 Å². The Kier molecular flexibility index (Phi) is 9.67. The number of nitrogens with one attached hydrogen (secondary N) is 1. The first-order chi connectivity index (χ1) is 18.3. The highest BCUT2D eigenvalue weighted by atomic mass is 19.2. The number of ether oxygens (including phenoxy) is 2. The molecule has 0 radical (unpaired) electrons. The molecule has 0 aliphatic carbocycles. The van der Waals surface area contributed by atoms with Crippen molar-refractivity contribution in [2.45, 2.75) is 45.7 Å². The van der Waals surface area contributed by atoms with Crippen LogP contribution in [0.3, 0.4) is 0 Å². The number of hydrogen-bond donors (Lipinski definition) is 1. The van der Waals surface area contributed by atoms with Crippen LogP contribution in [0, 0.1) is 23.5 Å². The Morgan fingerprint density at radius 2 is 1.92 bits per heavy atom. The maximum Gasteiger partial charge on any atom is 0.290 e. The van der Waals surface area contributed by atoms with Crippen LogP contribution in [0.4, 0.5) is 8.78 Å². The number of piperidine rings is 1. The third-order valence-corrected chi connectivity index (χ3v) is 7.22. The van der Waals surface area contributed by atoms with Gasteiger partial charge in [-0.05, 0) is 25.2 Å². The van der Waals surface area contributed by atoms with Crippen LogP contribution in [0.25, 0.3) is 11.0 Å². The fraction of sp³-hybridized carbons (Fsp3) is 0.667. The van der Waals surface area contributed by atoms with Crippen LogP contribution < -0.4 is 5.32 Å². The lowest BCUT2D eigenvalue weighted by Gasteiger charge is -2.40. The summed E-state index contributed by atoms with van der Waals surface area (Å²) >= 11 is 0. The smallest absolute Gasteiger partial charge is 0.290 e. The number of aromatic nitrogens is 2. The third-order valence-electron chi connectivity index (χ3n) is 7.22. The predicted molar refractivity (Wildman–Crippen MR) is 139 cm³/mol. The van der Waals surface area contributed by atoms with Crippen LogP contribution in [0.2, 0.25) is 0 Å². The molecule has 2 aliphatic rings. The maximum absolute atomic E-state index is 14.2. The van der Waals surface area contributed by atoms with Gasteiger partial charge in [0.05, 0.1) is 30.2 Å². The fourth-order valence-corrected chi connectivity index (χ4v) is 5.33. The fourth-order valence-electron chi connectivity index (χ4n) is 5.33. The van der Waals surface area contributed by atoms with Gasteiger partial charge in [0, 0.05) is 71.2 Å². The lowest BCUT2D eigenvalue weighted by molar-refractivity contribution is -0.140. The number of imidazole rings is 1. The van der Waals surface area contributed by atoms with E-state index in [0.717, 1.165) is 18.6 Å². The van der Waals surface area contributed by atoms with E-state index in [0.29, 0.717) is 77.4 Å². The van der Waals surface area contributed by atoms with Gasteiger partial charge < -0.3 is 29.2 Å². The van der Waals surface area contributed by atoms with Crippen LogP contribution in [0.15, 0.2) is 12.1 Å². The van der Waals surface area contributed by atoms with Crippen molar-refractivity contribution in [2.24, 2.45) is 11.8 Å². The second kappa shape index (κ2) is 12.9. The summed E-state index contributed by atoms with van der Waals surface area (Å²) < 4.78 is 40.5. The highest BCUT2D eigenvalue weighted by molar-refractivity contribution is 5.95. The van der Waals surface area contributed by atoms with E-state index in [2.05, 4.69) is 10.3 Å². The molecule has 2 aliphatic heterocycles. The van der Waals surface area contributed by atoms with Crippen LogP contribution in [-0.2, 0) is 20.8 Å². The average molecular weight is 536 g/mol. The summed E-state index contributed by atoms with van der Waals surface area (Å²) in [5, 5.41) is 3.36. The number of nitrogens with zero attached hydrogens (tertiary/aromatic N) is 4. The molecule has 3 heterocycles. The molecule has 0 unspecified atom stereocenters. The van der Waals surface area contributed by atoms with Gasteiger partial charge in [-0.2, -0.15) is 0 Å². The summed E-state index contributed by atoms with van der Waals surface area (Å²) in [7, 11) is 1.62. The highest BCUT2D eigenvalue weighted by Crippen LogP contribution is 2.25. The lowest BCUT2D eigenvalue weighted by atomic mass is 9.92. The number of amides is 2. The standard InChI is InChI=1S/C27H39F2N5O4/c1-18(2)17-34(20-12-19(15-30-16-20)26(35)32-7-10-38-11-8-32)27(36)25-31-23-13-21(28)22(29)14-24(23)33(25)6-4-5-9-37-3/h13-14,18-20,30H,4-12,15-17H2,1-3H3/t19-,20+/m1/s1. The quantitative estimate of drug-likeness (QED) is 0.471. The molecule has 1 aromatic carbocycles.